The summed E-state index contributed by atoms with van der Waals surface area (Å²) in [4.78, 5) is 18.3. The lowest BCUT2D eigenvalue weighted by Gasteiger charge is -2.28. The molecule has 0 spiro atoms. The fourth-order valence-electron chi connectivity index (χ4n) is 3.41. The van der Waals surface area contributed by atoms with E-state index < -0.39 is 0 Å². The van der Waals surface area contributed by atoms with Crippen LogP contribution in [0.1, 0.15) is 49.6 Å². The van der Waals surface area contributed by atoms with Crippen molar-refractivity contribution in [3.05, 3.63) is 25.6 Å². The summed E-state index contributed by atoms with van der Waals surface area (Å²) in [6, 6.07) is 0.211. The van der Waals surface area contributed by atoms with Gasteiger partial charge in [-0.15, -0.1) is 11.3 Å². The minimum atomic E-state index is 0.0885. The van der Waals surface area contributed by atoms with Crippen molar-refractivity contribution in [2.75, 3.05) is 0 Å². The number of nitrogens with one attached hydrogen (secondary N) is 1. The summed E-state index contributed by atoms with van der Waals surface area (Å²) in [5.74, 6) is 0. The topological polar surface area (TPSA) is 37.8 Å². The Labute approximate surface area is 127 Å². The maximum atomic E-state index is 12.9. The predicted octanol–water partition coefficient (Wildman–Crippen LogP) is 4.49. The number of fused-ring (bicyclic) bond motifs is 1. The third-order valence-electron chi connectivity index (χ3n) is 4.77. The minimum absolute atomic E-state index is 0.0885. The average molecular weight is 308 g/mol. The van der Waals surface area contributed by atoms with Crippen molar-refractivity contribution in [3.63, 3.8) is 0 Å². The molecule has 0 radical (unpaired) electrons. The molecule has 3 nitrogen and oxygen atoms in total. The van der Waals surface area contributed by atoms with Gasteiger partial charge in [-0.3, -0.25) is 9.36 Å². The van der Waals surface area contributed by atoms with Crippen LogP contribution in [0.4, 0.5) is 0 Å². The first-order valence-electron chi connectivity index (χ1n) is 7.07. The zero-order chi connectivity index (χ0) is 14.7. The number of aromatic nitrogens is 2. The van der Waals surface area contributed by atoms with Crippen molar-refractivity contribution in [2.45, 2.75) is 53.0 Å². The van der Waals surface area contributed by atoms with Crippen molar-refractivity contribution in [1.29, 1.82) is 0 Å². The molecule has 0 amide bonds. The fraction of sp³-hybridized carbons (Fsp3) is 0.600. The lowest BCUT2D eigenvalue weighted by Crippen LogP contribution is -2.32. The molecule has 1 aliphatic carbocycles. The third-order valence-corrected chi connectivity index (χ3v) is 6.19. The Bertz CT molecular complexity index is 795. The fourth-order valence-corrected chi connectivity index (χ4v) is 4.84. The normalized spacial score (nSPS) is 21.7. The van der Waals surface area contributed by atoms with Crippen LogP contribution in [0.5, 0.6) is 0 Å². The molecule has 1 fully saturated rings. The van der Waals surface area contributed by atoms with Gasteiger partial charge in [0.1, 0.15) is 4.83 Å². The molecule has 0 aliphatic heterocycles. The minimum Gasteiger partial charge on any atom is -0.323 e. The predicted molar refractivity (Wildman–Crippen MR) is 87.4 cm³/mol. The van der Waals surface area contributed by atoms with Crippen LogP contribution in [0.3, 0.4) is 0 Å². The molecule has 2 aromatic heterocycles. The summed E-state index contributed by atoms with van der Waals surface area (Å²) in [7, 11) is 0. The van der Waals surface area contributed by atoms with E-state index in [9.17, 15) is 4.79 Å². The molecule has 1 N–H and O–H groups in total. The summed E-state index contributed by atoms with van der Waals surface area (Å²) >= 11 is 7.10. The Morgan fingerprint density at radius 1 is 1.40 bits per heavy atom. The Balaban J connectivity index is 2.35. The van der Waals surface area contributed by atoms with Gasteiger partial charge in [-0.25, -0.2) is 0 Å². The lowest BCUT2D eigenvalue weighted by molar-refractivity contribution is 0.253. The second-order valence-electron chi connectivity index (χ2n) is 6.49. The summed E-state index contributed by atoms with van der Waals surface area (Å²) in [5, 5.41) is 0.823. The van der Waals surface area contributed by atoms with Gasteiger partial charge in [0.2, 0.25) is 0 Å². The number of thiophene rings is 1. The quantitative estimate of drug-likeness (QED) is 0.788. The number of hydrogen-bond donors (Lipinski definition) is 1. The zero-order valence-corrected chi connectivity index (χ0v) is 14.0. The highest BCUT2D eigenvalue weighted by Crippen LogP contribution is 2.45. The van der Waals surface area contributed by atoms with Gasteiger partial charge in [0.15, 0.2) is 4.77 Å². The van der Waals surface area contributed by atoms with E-state index >= 15 is 0 Å². The molecule has 20 heavy (non-hydrogen) atoms. The SMILES string of the molecule is Cc1sc2[nH]c(=S)n(C3CCCC3(C)C)c(=O)c2c1C. The van der Waals surface area contributed by atoms with Crippen molar-refractivity contribution in [1.82, 2.24) is 9.55 Å². The molecule has 2 aromatic rings. The van der Waals surface area contributed by atoms with Gasteiger partial charge in [-0.2, -0.15) is 0 Å². The number of rotatable bonds is 1. The summed E-state index contributed by atoms with van der Waals surface area (Å²) in [6.45, 7) is 8.56. The van der Waals surface area contributed by atoms with E-state index in [1.54, 1.807) is 11.3 Å². The molecule has 1 unspecified atom stereocenters. The van der Waals surface area contributed by atoms with Crippen LogP contribution in [-0.4, -0.2) is 9.55 Å². The smallest absolute Gasteiger partial charge is 0.263 e. The first-order chi connectivity index (χ1) is 9.33. The van der Waals surface area contributed by atoms with E-state index in [0.717, 1.165) is 28.6 Å². The summed E-state index contributed by atoms with van der Waals surface area (Å²) in [5.41, 5.74) is 1.31. The lowest BCUT2D eigenvalue weighted by atomic mass is 9.87. The monoisotopic (exact) mass is 308 g/mol. The van der Waals surface area contributed by atoms with Crippen molar-refractivity contribution in [3.8, 4) is 0 Å². The number of H-pyrrole nitrogens is 1. The Kier molecular flexibility index (Phi) is 3.18. The molecule has 1 aliphatic rings. The van der Waals surface area contributed by atoms with Crippen LogP contribution in [0, 0.1) is 24.0 Å². The number of hydrogen-bond acceptors (Lipinski definition) is 3. The van der Waals surface area contributed by atoms with Crippen LogP contribution >= 0.6 is 23.6 Å². The van der Waals surface area contributed by atoms with E-state index in [4.69, 9.17) is 12.2 Å². The molecule has 1 atom stereocenters. The van der Waals surface area contributed by atoms with Gasteiger partial charge in [-0.05, 0) is 49.9 Å². The number of aryl methyl sites for hydroxylation is 2. The number of aromatic amines is 1. The Morgan fingerprint density at radius 2 is 2.10 bits per heavy atom. The van der Waals surface area contributed by atoms with Crippen LogP contribution in [0.25, 0.3) is 10.2 Å². The van der Waals surface area contributed by atoms with Crippen molar-refractivity contribution in [2.24, 2.45) is 5.41 Å². The molecule has 0 aromatic carbocycles. The second-order valence-corrected chi connectivity index (χ2v) is 8.10. The van der Waals surface area contributed by atoms with Gasteiger partial charge in [0, 0.05) is 10.9 Å². The van der Waals surface area contributed by atoms with Crippen molar-refractivity contribution < 1.29 is 0 Å². The molecule has 0 saturated heterocycles. The third kappa shape index (κ3) is 1.91. The zero-order valence-electron chi connectivity index (χ0n) is 12.4. The molecule has 5 heteroatoms. The van der Waals surface area contributed by atoms with E-state index in [0.29, 0.717) is 4.77 Å². The van der Waals surface area contributed by atoms with Gasteiger partial charge < -0.3 is 4.98 Å². The highest BCUT2D eigenvalue weighted by molar-refractivity contribution is 7.71. The molecular weight excluding hydrogens is 288 g/mol. The van der Waals surface area contributed by atoms with Gasteiger partial charge in [-0.1, -0.05) is 20.3 Å². The summed E-state index contributed by atoms with van der Waals surface area (Å²) in [6.07, 6.45) is 3.36. The maximum Gasteiger partial charge on any atom is 0.263 e. The van der Waals surface area contributed by atoms with E-state index in [2.05, 4.69) is 25.8 Å². The van der Waals surface area contributed by atoms with Crippen LogP contribution in [0.15, 0.2) is 4.79 Å². The van der Waals surface area contributed by atoms with E-state index in [-0.39, 0.29) is 17.0 Å². The first-order valence-corrected chi connectivity index (χ1v) is 8.30. The Hall–Kier alpha value is -0.940. The largest absolute Gasteiger partial charge is 0.323 e. The molecule has 2 heterocycles. The Morgan fingerprint density at radius 3 is 2.70 bits per heavy atom. The molecule has 0 bridgehead atoms. The summed E-state index contributed by atoms with van der Waals surface area (Å²) < 4.78 is 2.41. The van der Waals surface area contributed by atoms with E-state index in [1.807, 2.05) is 11.5 Å². The van der Waals surface area contributed by atoms with Gasteiger partial charge >= 0.3 is 0 Å². The van der Waals surface area contributed by atoms with Gasteiger partial charge in [0.05, 0.1) is 5.39 Å². The van der Waals surface area contributed by atoms with Crippen molar-refractivity contribution >= 4 is 33.8 Å². The maximum absolute atomic E-state index is 12.9. The standard InChI is InChI=1S/C15H20N2OS2/c1-8-9(2)20-12-11(8)13(18)17(14(19)16-12)10-6-5-7-15(10,3)4/h10H,5-7H2,1-4H3,(H,16,19). The molecular formula is C15H20N2OS2. The average Bonchev–Trinajstić information content (AvgIpc) is 2.81. The molecule has 108 valence electrons. The molecule has 1 saturated carbocycles. The highest BCUT2D eigenvalue weighted by Gasteiger charge is 2.37. The van der Waals surface area contributed by atoms with E-state index in [1.165, 1.54) is 11.3 Å². The van der Waals surface area contributed by atoms with Crippen LogP contribution < -0.4 is 5.56 Å². The number of nitrogens with zero attached hydrogens (tertiary/aromatic N) is 1. The highest BCUT2D eigenvalue weighted by atomic mass is 32.1. The van der Waals surface area contributed by atoms with Crippen LogP contribution in [0.2, 0.25) is 0 Å². The van der Waals surface area contributed by atoms with Crippen LogP contribution in [-0.2, 0) is 0 Å². The molecule has 3 rings (SSSR count). The first kappa shape index (κ1) is 14.0. The second kappa shape index (κ2) is 4.53. The van der Waals surface area contributed by atoms with Gasteiger partial charge in [0.25, 0.3) is 5.56 Å².